The van der Waals surface area contributed by atoms with Gasteiger partial charge in [-0.25, -0.2) is 4.79 Å². The molecule has 0 saturated carbocycles. The number of carboxylic acids is 1. The Morgan fingerprint density at radius 3 is 1.92 bits per heavy atom. The van der Waals surface area contributed by atoms with Crippen molar-refractivity contribution in [2.75, 3.05) is 0 Å². The summed E-state index contributed by atoms with van der Waals surface area (Å²) >= 11 is 0. The van der Waals surface area contributed by atoms with E-state index in [1.165, 1.54) is 19.1 Å². The van der Waals surface area contributed by atoms with Gasteiger partial charge in [0.25, 0.3) is 0 Å². The molecule has 0 aliphatic heterocycles. The number of phenols is 1. The minimum atomic E-state index is -1.58. The van der Waals surface area contributed by atoms with Gasteiger partial charge in [0.15, 0.2) is 0 Å². The predicted octanol–water partition coefficient (Wildman–Crippen LogP) is -1.90. The fourth-order valence-electron chi connectivity index (χ4n) is 3.28. The maximum absolute atomic E-state index is 12.8. The van der Waals surface area contributed by atoms with Crippen LogP contribution in [0.25, 0.3) is 0 Å². The van der Waals surface area contributed by atoms with Crippen molar-refractivity contribution in [1.82, 2.24) is 16.0 Å². The number of amides is 4. The summed E-state index contributed by atoms with van der Waals surface area (Å²) in [5, 5.41) is 35.6. The number of phenolic OH excluding ortho intramolecular Hbond substituents is 1. The van der Waals surface area contributed by atoms with E-state index in [0.717, 1.165) is 0 Å². The molecule has 0 spiro atoms. The average molecular weight is 510 g/mol. The van der Waals surface area contributed by atoms with Crippen LogP contribution in [0, 0.1) is 5.92 Å². The van der Waals surface area contributed by atoms with Gasteiger partial charge in [-0.15, -0.1) is 0 Å². The molecule has 1 aromatic rings. The fraction of sp³-hybridized carbons (Fsp3) is 0.522. The van der Waals surface area contributed by atoms with Crippen molar-refractivity contribution >= 4 is 29.6 Å². The molecule has 4 amide bonds. The molecular weight excluding hydrogens is 474 g/mol. The van der Waals surface area contributed by atoms with Crippen molar-refractivity contribution < 1.29 is 39.3 Å². The Morgan fingerprint density at radius 1 is 0.889 bits per heavy atom. The van der Waals surface area contributed by atoms with Gasteiger partial charge in [0.2, 0.25) is 23.6 Å². The molecule has 0 aliphatic carbocycles. The molecule has 13 nitrogen and oxygen atoms in total. The number of primary amides is 1. The van der Waals surface area contributed by atoms with Crippen LogP contribution < -0.4 is 27.4 Å². The lowest BCUT2D eigenvalue weighted by molar-refractivity contribution is -0.143. The minimum absolute atomic E-state index is 0.0329. The number of aliphatic hydroxyl groups excluding tert-OH is 1. The molecule has 10 N–H and O–H groups in total. The first-order valence-corrected chi connectivity index (χ1v) is 11.3. The molecule has 0 bridgehead atoms. The largest absolute Gasteiger partial charge is 0.508 e. The van der Waals surface area contributed by atoms with Crippen LogP contribution in [0.2, 0.25) is 0 Å². The molecule has 0 saturated heterocycles. The van der Waals surface area contributed by atoms with Gasteiger partial charge < -0.3 is 42.7 Å². The summed E-state index contributed by atoms with van der Waals surface area (Å²) in [6.45, 7) is 4.73. The van der Waals surface area contributed by atoms with E-state index in [1.807, 2.05) is 0 Å². The van der Waals surface area contributed by atoms with Crippen molar-refractivity contribution in [3.63, 3.8) is 0 Å². The van der Waals surface area contributed by atoms with E-state index in [4.69, 9.17) is 11.5 Å². The third-order valence-corrected chi connectivity index (χ3v) is 5.15. The third kappa shape index (κ3) is 10.3. The van der Waals surface area contributed by atoms with Crippen molar-refractivity contribution in [2.45, 2.75) is 70.3 Å². The number of carbonyl (C=O) groups is 5. The van der Waals surface area contributed by atoms with Crippen molar-refractivity contribution in [3.8, 4) is 5.75 Å². The third-order valence-electron chi connectivity index (χ3n) is 5.15. The van der Waals surface area contributed by atoms with E-state index in [0.29, 0.717) is 5.56 Å². The Labute approximate surface area is 208 Å². The van der Waals surface area contributed by atoms with Crippen LogP contribution in [0.3, 0.4) is 0 Å². The number of carboxylic acid groups (broad SMARTS) is 1. The van der Waals surface area contributed by atoms with E-state index < -0.39 is 66.3 Å². The molecule has 200 valence electrons. The lowest BCUT2D eigenvalue weighted by atomic mass is 10.0. The number of carbonyl (C=O) groups excluding carboxylic acids is 4. The number of nitrogens with one attached hydrogen (secondary N) is 3. The van der Waals surface area contributed by atoms with E-state index in [1.54, 1.807) is 26.0 Å². The van der Waals surface area contributed by atoms with Crippen LogP contribution in [-0.2, 0) is 30.4 Å². The summed E-state index contributed by atoms with van der Waals surface area (Å²) in [6, 6.07) is 0.485. The second-order valence-corrected chi connectivity index (χ2v) is 8.96. The summed E-state index contributed by atoms with van der Waals surface area (Å²) in [4.78, 5) is 61.0. The van der Waals surface area contributed by atoms with Gasteiger partial charge >= 0.3 is 5.97 Å². The van der Waals surface area contributed by atoms with Crippen LogP contribution >= 0.6 is 0 Å². The first-order valence-electron chi connectivity index (χ1n) is 11.3. The maximum Gasteiger partial charge on any atom is 0.326 e. The number of hydrogen-bond donors (Lipinski definition) is 8. The van der Waals surface area contributed by atoms with Gasteiger partial charge in [0.05, 0.1) is 18.6 Å². The molecule has 1 aromatic carbocycles. The highest BCUT2D eigenvalue weighted by atomic mass is 16.4. The minimum Gasteiger partial charge on any atom is -0.508 e. The Hall–Kier alpha value is -3.71. The molecule has 5 unspecified atom stereocenters. The normalized spacial score (nSPS) is 15.2. The van der Waals surface area contributed by atoms with Gasteiger partial charge in [0.1, 0.15) is 23.9 Å². The highest BCUT2D eigenvalue weighted by Crippen LogP contribution is 2.11. The van der Waals surface area contributed by atoms with Crippen molar-refractivity contribution in [2.24, 2.45) is 17.4 Å². The van der Waals surface area contributed by atoms with E-state index in [9.17, 15) is 39.3 Å². The summed E-state index contributed by atoms with van der Waals surface area (Å²) in [7, 11) is 0. The number of aliphatic hydroxyl groups is 1. The zero-order valence-corrected chi connectivity index (χ0v) is 20.4. The molecule has 0 heterocycles. The summed E-state index contributed by atoms with van der Waals surface area (Å²) in [5.74, 6) is -4.99. The van der Waals surface area contributed by atoms with Crippen LogP contribution in [-0.4, -0.2) is 75.2 Å². The molecule has 0 aliphatic rings. The summed E-state index contributed by atoms with van der Waals surface area (Å²) in [5.41, 5.74) is 11.7. The number of benzene rings is 1. The van der Waals surface area contributed by atoms with Crippen molar-refractivity contribution in [3.05, 3.63) is 29.8 Å². The smallest absolute Gasteiger partial charge is 0.326 e. The fourth-order valence-corrected chi connectivity index (χ4v) is 3.28. The second kappa shape index (κ2) is 14.0. The van der Waals surface area contributed by atoms with Gasteiger partial charge in [-0.1, -0.05) is 26.0 Å². The predicted molar refractivity (Wildman–Crippen MR) is 128 cm³/mol. The number of nitrogens with two attached hydrogens (primary N) is 2. The Bertz CT molecular complexity index is 935. The lowest BCUT2D eigenvalue weighted by Crippen LogP contribution is -2.60. The van der Waals surface area contributed by atoms with Crippen LogP contribution in [0.1, 0.15) is 39.2 Å². The summed E-state index contributed by atoms with van der Waals surface area (Å²) < 4.78 is 0. The van der Waals surface area contributed by atoms with Crippen LogP contribution in [0.4, 0.5) is 0 Å². The maximum atomic E-state index is 12.8. The van der Waals surface area contributed by atoms with Crippen LogP contribution in [0.15, 0.2) is 24.3 Å². The molecule has 0 radical (unpaired) electrons. The molecule has 36 heavy (non-hydrogen) atoms. The standard InChI is InChI=1S/C23H35N5O8/c1-11(2)8-17(23(35)36)27-22(34)19(12(3)29)28-21(33)16(10-18(25)31)26-20(32)15(24)9-13-4-6-14(30)7-5-13/h4-7,11-12,15-17,19,29-30H,8-10,24H2,1-3H3,(H2,25,31)(H,26,32)(H,27,34)(H,28,33)(H,35,36). The van der Waals surface area contributed by atoms with Gasteiger partial charge in [-0.3, -0.25) is 19.2 Å². The van der Waals surface area contributed by atoms with Gasteiger partial charge in [-0.05, 0) is 43.4 Å². The lowest BCUT2D eigenvalue weighted by Gasteiger charge is -2.26. The molecule has 13 heteroatoms. The summed E-state index contributed by atoms with van der Waals surface area (Å²) in [6.07, 6.45) is -1.89. The quantitative estimate of drug-likeness (QED) is 0.140. The SMILES string of the molecule is CC(C)CC(NC(=O)C(NC(=O)C(CC(N)=O)NC(=O)C(N)Cc1ccc(O)cc1)C(C)O)C(=O)O. The number of hydrogen-bond acceptors (Lipinski definition) is 8. The van der Waals surface area contributed by atoms with E-state index in [-0.39, 0.29) is 24.5 Å². The van der Waals surface area contributed by atoms with Gasteiger partial charge in [-0.2, -0.15) is 0 Å². The Kier molecular flexibility index (Phi) is 11.8. The zero-order valence-electron chi connectivity index (χ0n) is 20.4. The van der Waals surface area contributed by atoms with Gasteiger partial charge in [0, 0.05) is 0 Å². The monoisotopic (exact) mass is 509 g/mol. The molecule has 0 fully saturated rings. The topological polar surface area (TPSA) is 234 Å². The number of rotatable bonds is 14. The number of aliphatic carboxylic acids is 1. The molecule has 5 atom stereocenters. The first-order chi connectivity index (χ1) is 16.7. The highest BCUT2D eigenvalue weighted by molar-refractivity contribution is 5.96. The van der Waals surface area contributed by atoms with Crippen molar-refractivity contribution in [1.29, 1.82) is 0 Å². The average Bonchev–Trinajstić information content (AvgIpc) is 2.76. The second-order valence-electron chi connectivity index (χ2n) is 8.96. The highest BCUT2D eigenvalue weighted by Gasteiger charge is 2.33. The van der Waals surface area contributed by atoms with E-state index in [2.05, 4.69) is 16.0 Å². The first kappa shape index (κ1) is 30.3. The zero-order chi connectivity index (χ0) is 27.6. The number of aromatic hydroxyl groups is 1. The molecular formula is C23H35N5O8. The molecule has 1 rings (SSSR count). The van der Waals surface area contributed by atoms with Crippen LogP contribution in [0.5, 0.6) is 5.75 Å². The van der Waals surface area contributed by atoms with E-state index >= 15 is 0 Å². The Morgan fingerprint density at radius 2 is 1.44 bits per heavy atom. The Balaban J connectivity index is 2.94. The molecule has 0 aromatic heterocycles.